The van der Waals surface area contributed by atoms with Crippen LogP contribution in [0.4, 0.5) is 0 Å². The lowest BCUT2D eigenvalue weighted by Gasteiger charge is -2.20. The van der Waals surface area contributed by atoms with Crippen LogP contribution in [-0.4, -0.2) is 52.8 Å². The molecule has 0 saturated heterocycles. The average molecular weight is 206 g/mol. The van der Waals surface area contributed by atoms with E-state index in [1.165, 1.54) is 4.90 Å². The molecule has 82 valence electrons. The zero-order chi connectivity index (χ0) is 11.1. The molecular weight excluding hydrogens is 192 g/mol. The summed E-state index contributed by atoms with van der Waals surface area (Å²) in [6, 6.07) is 0. The Morgan fingerprint density at radius 3 is 2.07 bits per heavy atom. The number of nitrogens with two attached hydrogens (primary N) is 1. The highest BCUT2D eigenvalue weighted by atomic mass is 16.6. The van der Waals surface area contributed by atoms with Crippen LogP contribution in [0.3, 0.4) is 0 Å². The molecule has 0 spiro atoms. The smallest absolute Gasteiger partial charge is 0.317 e. The lowest BCUT2D eigenvalue weighted by atomic mass is 10.3. The van der Waals surface area contributed by atoms with Crippen LogP contribution in [0.1, 0.15) is 6.92 Å². The maximum absolute atomic E-state index is 10.4. The number of hydrogen-bond donors (Lipinski definition) is 3. The number of hydrogen-bond acceptors (Lipinski definition) is 5. The number of carboxylic acid groups (broad SMARTS) is 2. The Kier molecular flexibility index (Phi) is 5.77. The van der Waals surface area contributed by atoms with E-state index >= 15 is 0 Å². The second-order valence-corrected chi connectivity index (χ2v) is 2.90. The Balaban J connectivity index is 4.09. The van der Waals surface area contributed by atoms with Crippen molar-refractivity contribution >= 4 is 11.9 Å². The Hall–Kier alpha value is -1.18. The first-order valence-corrected chi connectivity index (χ1v) is 3.97. The predicted molar refractivity (Wildman–Crippen MR) is 46.4 cm³/mol. The molecule has 0 aliphatic carbocycles. The molecule has 0 aromatic rings. The summed E-state index contributed by atoms with van der Waals surface area (Å²) in [6.45, 7) is 1.09. The fourth-order valence-electron chi connectivity index (χ4n) is 0.974. The highest BCUT2D eigenvalue weighted by Crippen LogP contribution is 1.94. The molecule has 7 heteroatoms. The van der Waals surface area contributed by atoms with Crippen LogP contribution in [0.15, 0.2) is 0 Å². The number of carboxylic acids is 2. The summed E-state index contributed by atoms with van der Waals surface area (Å²) >= 11 is 0. The van der Waals surface area contributed by atoms with Crippen LogP contribution in [0.25, 0.3) is 0 Å². The minimum absolute atomic E-state index is 0.162. The zero-order valence-corrected chi connectivity index (χ0v) is 7.84. The van der Waals surface area contributed by atoms with E-state index in [1.54, 1.807) is 6.92 Å². The van der Waals surface area contributed by atoms with Crippen molar-refractivity contribution in [1.82, 2.24) is 4.90 Å². The zero-order valence-electron chi connectivity index (χ0n) is 7.84. The summed E-state index contributed by atoms with van der Waals surface area (Å²) in [5, 5.41) is 17.0. The molecule has 0 aliphatic rings. The van der Waals surface area contributed by atoms with Gasteiger partial charge in [0.2, 0.25) is 0 Å². The maximum atomic E-state index is 10.4. The molecule has 4 N–H and O–H groups in total. The van der Waals surface area contributed by atoms with Crippen molar-refractivity contribution in [2.24, 2.45) is 5.90 Å². The molecule has 7 nitrogen and oxygen atoms in total. The summed E-state index contributed by atoms with van der Waals surface area (Å²) in [7, 11) is 0. The fraction of sp³-hybridized carbons (Fsp3) is 0.714. The van der Waals surface area contributed by atoms with E-state index in [0.717, 1.165) is 0 Å². The quantitative estimate of drug-likeness (QED) is 0.445. The summed E-state index contributed by atoms with van der Waals surface area (Å²) in [5.74, 6) is 2.69. The summed E-state index contributed by atoms with van der Waals surface area (Å²) in [4.78, 5) is 26.3. The Labute approximate surface area is 81.0 Å². The van der Waals surface area contributed by atoms with E-state index in [0.29, 0.717) is 0 Å². The minimum Gasteiger partial charge on any atom is -0.480 e. The van der Waals surface area contributed by atoms with Gasteiger partial charge in [-0.1, -0.05) is 0 Å². The number of aliphatic carboxylic acids is 2. The molecule has 0 fully saturated rings. The van der Waals surface area contributed by atoms with Crippen molar-refractivity contribution in [2.75, 3.05) is 19.6 Å². The van der Waals surface area contributed by atoms with Crippen molar-refractivity contribution in [1.29, 1.82) is 0 Å². The van der Waals surface area contributed by atoms with E-state index in [-0.39, 0.29) is 19.6 Å². The molecule has 0 bridgehead atoms. The Bertz CT molecular complexity index is 192. The van der Waals surface area contributed by atoms with E-state index < -0.39 is 18.0 Å². The van der Waals surface area contributed by atoms with Gasteiger partial charge in [-0.25, -0.2) is 5.90 Å². The SMILES string of the molecule is CC(CN(CC(=O)O)CC(=O)O)ON. The second-order valence-electron chi connectivity index (χ2n) is 2.90. The molecule has 0 amide bonds. The van der Waals surface area contributed by atoms with Crippen LogP contribution in [0.5, 0.6) is 0 Å². The first kappa shape index (κ1) is 12.8. The third-order valence-corrected chi connectivity index (χ3v) is 1.47. The van der Waals surface area contributed by atoms with Crippen molar-refractivity contribution in [3.63, 3.8) is 0 Å². The maximum Gasteiger partial charge on any atom is 0.317 e. The first-order chi connectivity index (χ1) is 6.45. The molecule has 14 heavy (non-hydrogen) atoms. The lowest BCUT2D eigenvalue weighted by molar-refractivity contribution is -0.142. The van der Waals surface area contributed by atoms with Gasteiger partial charge in [-0.3, -0.25) is 14.5 Å². The molecule has 0 saturated carbocycles. The van der Waals surface area contributed by atoms with Gasteiger partial charge in [0.15, 0.2) is 0 Å². The standard InChI is InChI=1S/C7H14N2O5/c1-5(14-8)2-9(3-6(10)11)4-7(12)13/h5H,2-4,8H2,1H3,(H,10,11)(H,12,13). The van der Waals surface area contributed by atoms with Gasteiger partial charge in [0.25, 0.3) is 0 Å². The van der Waals surface area contributed by atoms with Gasteiger partial charge in [-0.2, -0.15) is 0 Å². The summed E-state index contributed by atoms with van der Waals surface area (Å²) in [6.07, 6.45) is -0.409. The highest BCUT2D eigenvalue weighted by molar-refractivity contribution is 5.72. The summed E-state index contributed by atoms with van der Waals surface area (Å²) < 4.78 is 0. The van der Waals surface area contributed by atoms with Crippen molar-refractivity contribution in [3.8, 4) is 0 Å². The third-order valence-electron chi connectivity index (χ3n) is 1.47. The summed E-state index contributed by atoms with van der Waals surface area (Å²) in [5.41, 5.74) is 0. The normalized spacial score (nSPS) is 12.8. The van der Waals surface area contributed by atoms with Crippen molar-refractivity contribution in [3.05, 3.63) is 0 Å². The van der Waals surface area contributed by atoms with E-state index in [4.69, 9.17) is 16.1 Å². The van der Waals surface area contributed by atoms with Gasteiger partial charge in [0.05, 0.1) is 19.2 Å². The van der Waals surface area contributed by atoms with Gasteiger partial charge in [-0.15, -0.1) is 0 Å². The van der Waals surface area contributed by atoms with Crippen molar-refractivity contribution in [2.45, 2.75) is 13.0 Å². The highest BCUT2D eigenvalue weighted by Gasteiger charge is 2.16. The molecule has 0 radical (unpaired) electrons. The molecule has 0 heterocycles. The van der Waals surface area contributed by atoms with Crippen molar-refractivity contribution < 1.29 is 24.6 Å². The molecule has 0 aliphatic heterocycles. The number of carbonyl (C=O) groups is 2. The van der Waals surface area contributed by atoms with Crippen LogP contribution in [0, 0.1) is 0 Å². The number of nitrogens with zero attached hydrogens (tertiary/aromatic N) is 1. The molecule has 0 aromatic carbocycles. The van der Waals surface area contributed by atoms with E-state index in [1.807, 2.05) is 0 Å². The lowest BCUT2D eigenvalue weighted by Crippen LogP contribution is -2.40. The molecular formula is C7H14N2O5. The van der Waals surface area contributed by atoms with Gasteiger partial charge in [0.1, 0.15) is 0 Å². The number of rotatable bonds is 7. The molecule has 1 atom stereocenters. The van der Waals surface area contributed by atoms with Crippen LogP contribution in [-0.2, 0) is 14.4 Å². The topological polar surface area (TPSA) is 113 Å². The Morgan fingerprint density at radius 1 is 1.36 bits per heavy atom. The van der Waals surface area contributed by atoms with Gasteiger partial charge < -0.3 is 15.1 Å². The van der Waals surface area contributed by atoms with Crippen LogP contribution < -0.4 is 5.90 Å². The fourth-order valence-corrected chi connectivity index (χ4v) is 0.974. The molecule has 0 rings (SSSR count). The second kappa shape index (κ2) is 6.30. The van der Waals surface area contributed by atoms with Crippen LogP contribution >= 0.6 is 0 Å². The van der Waals surface area contributed by atoms with Crippen LogP contribution in [0.2, 0.25) is 0 Å². The van der Waals surface area contributed by atoms with Gasteiger partial charge >= 0.3 is 11.9 Å². The van der Waals surface area contributed by atoms with Gasteiger partial charge in [-0.05, 0) is 6.92 Å². The molecule has 0 aromatic heterocycles. The van der Waals surface area contributed by atoms with E-state index in [9.17, 15) is 9.59 Å². The predicted octanol–water partition coefficient (Wildman–Crippen LogP) is -1.26. The Morgan fingerprint density at radius 2 is 1.79 bits per heavy atom. The molecule has 1 unspecified atom stereocenters. The third kappa shape index (κ3) is 6.35. The monoisotopic (exact) mass is 206 g/mol. The van der Waals surface area contributed by atoms with Gasteiger partial charge in [0, 0.05) is 6.54 Å². The van der Waals surface area contributed by atoms with E-state index in [2.05, 4.69) is 4.84 Å². The minimum atomic E-state index is -1.09. The first-order valence-electron chi connectivity index (χ1n) is 3.97. The average Bonchev–Trinajstić information content (AvgIpc) is 2.01. The largest absolute Gasteiger partial charge is 0.480 e.